The second-order valence-electron chi connectivity index (χ2n) is 7.34. The zero-order valence-electron chi connectivity index (χ0n) is 14.4. The fourth-order valence-corrected chi connectivity index (χ4v) is 4.81. The van der Waals surface area contributed by atoms with Crippen molar-refractivity contribution in [2.24, 2.45) is 23.5 Å². The van der Waals surface area contributed by atoms with E-state index in [4.69, 9.17) is 5.73 Å². The van der Waals surface area contributed by atoms with Crippen LogP contribution in [0.15, 0.2) is 18.2 Å². The normalized spacial score (nSPS) is 30.0. The summed E-state index contributed by atoms with van der Waals surface area (Å²) in [5.41, 5.74) is 6.55. The molecule has 3 aliphatic rings. The van der Waals surface area contributed by atoms with Gasteiger partial charge in [0.15, 0.2) is 0 Å². The fourth-order valence-electron chi connectivity index (χ4n) is 4.81. The number of piperazine rings is 1. The standard InChI is InChI=1S/C18H23F2N3O.2ClH/c19-13-3-4-14(20)15(10-13)22-5-7-23(8-6-22)18(24)16-11-1-2-12(9-11)17(16)21;;/h3-4,10-12,16-17H,1-2,5-9,21H2;2*1H. The highest BCUT2D eigenvalue weighted by Crippen LogP contribution is 2.48. The number of hydrogen-bond acceptors (Lipinski definition) is 3. The average molecular weight is 408 g/mol. The highest BCUT2D eigenvalue weighted by Gasteiger charge is 2.50. The van der Waals surface area contributed by atoms with Crippen LogP contribution in [0.4, 0.5) is 14.5 Å². The lowest BCUT2D eigenvalue weighted by Crippen LogP contribution is -2.54. The summed E-state index contributed by atoms with van der Waals surface area (Å²) in [7, 11) is 0. The Balaban J connectivity index is 0.00000121. The van der Waals surface area contributed by atoms with Gasteiger partial charge in [-0.1, -0.05) is 0 Å². The minimum Gasteiger partial charge on any atom is -0.366 e. The molecule has 1 aliphatic heterocycles. The van der Waals surface area contributed by atoms with E-state index in [0.29, 0.717) is 38.0 Å². The zero-order chi connectivity index (χ0) is 16.8. The summed E-state index contributed by atoms with van der Waals surface area (Å²) in [5, 5.41) is 0. The van der Waals surface area contributed by atoms with Crippen molar-refractivity contribution in [2.75, 3.05) is 31.1 Å². The molecule has 2 N–H and O–H groups in total. The quantitative estimate of drug-likeness (QED) is 0.819. The van der Waals surface area contributed by atoms with E-state index in [1.807, 2.05) is 9.80 Å². The molecule has 0 aromatic heterocycles. The highest BCUT2D eigenvalue weighted by atomic mass is 35.5. The lowest BCUT2D eigenvalue weighted by atomic mass is 9.84. The van der Waals surface area contributed by atoms with Crippen molar-refractivity contribution >= 4 is 36.4 Å². The third-order valence-electron chi connectivity index (χ3n) is 6.11. The van der Waals surface area contributed by atoms with Crippen LogP contribution in [-0.4, -0.2) is 43.0 Å². The summed E-state index contributed by atoms with van der Waals surface area (Å²) in [5.74, 6) is 0.197. The number of rotatable bonds is 2. The topological polar surface area (TPSA) is 49.6 Å². The minimum absolute atomic E-state index is 0. The summed E-state index contributed by atoms with van der Waals surface area (Å²) < 4.78 is 27.3. The number of anilines is 1. The molecular formula is C18H25Cl2F2N3O. The lowest BCUT2D eigenvalue weighted by molar-refractivity contribution is -0.138. The zero-order valence-corrected chi connectivity index (χ0v) is 16.1. The molecule has 2 aliphatic carbocycles. The van der Waals surface area contributed by atoms with Gasteiger partial charge in [-0.2, -0.15) is 0 Å². The average Bonchev–Trinajstić information content (AvgIpc) is 3.18. The lowest BCUT2D eigenvalue weighted by Gasteiger charge is -2.39. The van der Waals surface area contributed by atoms with Crippen LogP contribution in [0, 0.1) is 29.4 Å². The van der Waals surface area contributed by atoms with Crippen LogP contribution in [-0.2, 0) is 4.79 Å². The number of nitrogens with zero attached hydrogens (tertiary/aromatic N) is 2. The third kappa shape index (κ3) is 3.64. The maximum Gasteiger partial charge on any atom is 0.227 e. The Labute approximate surface area is 164 Å². The minimum atomic E-state index is -0.446. The Morgan fingerprint density at radius 2 is 1.69 bits per heavy atom. The Morgan fingerprint density at radius 3 is 2.31 bits per heavy atom. The SMILES string of the molecule is Cl.Cl.NC1C2CCC(C2)C1C(=O)N1CCN(c2cc(F)ccc2F)CC1. The van der Waals surface area contributed by atoms with Crippen molar-refractivity contribution in [3.8, 4) is 0 Å². The summed E-state index contributed by atoms with van der Waals surface area (Å²) in [4.78, 5) is 16.5. The van der Waals surface area contributed by atoms with Crippen molar-refractivity contribution in [1.82, 2.24) is 4.90 Å². The van der Waals surface area contributed by atoms with Crippen molar-refractivity contribution in [1.29, 1.82) is 0 Å². The van der Waals surface area contributed by atoms with E-state index >= 15 is 0 Å². The summed E-state index contributed by atoms with van der Waals surface area (Å²) in [6, 6.07) is 3.49. The first-order valence-electron chi connectivity index (χ1n) is 8.79. The number of nitrogens with two attached hydrogens (primary N) is 1. The summed E-state index contributed by atoms with van der Waals surface area (Å²) in [6.07, 6.45) is 3.36. The molecule has 1 saturated heterocycles. The monoisotopic (exact) mass is 407 g/mol. The first-order valence-corrected chi connectivity index (χ1v) is 8.79. The van der Waals surface area contributed by atoms with Gasteiger partial charge in [0.05, 0.1) is 11.6 Å². The van der Waals surface area contributed by atoms with Crippen molar-refractivity contribution in [2.45, 2.75) is 25.3 Å². The van der Waals surface area contributed by atoms with Crippen LogP contribution in [0.3, 0.4) is 0 Å². The molecule has 1 aromatic carbocycles. The third-order valence-corrected chi connectivity index (χ3v) is 6.11. The molecule has 2 bridgehead atoms. The second-order valence-corrected chi connectivity index (χ2v) is 7.34. The Morgan fingerprint density at radius 1 is 1.04 bits per heavy atom. The summed E-state index contributed by atoms with van der Waals surface area (Å²) in [6.45, 7) is 2.11. The van der Waals surface area contributed by atoms with Crippen LogP contribution >= 0.6 is 24.8 Å². The molecule has 4 nitrogen and oxygen atoms in total. The molecule has 1 heterocycles. The molecule has 4 rings (SSSR count). The van der Waals surface area contributed by atoms with Crippen LogP contribution in [0.25, 0.3) is 0 Å². The Hall–Kier alpha value is -1.11. The van der Waals surface area contributed by atoms with Crippen molar-refractivity contribution in [3.63, 3.8) is 0 Å². The Bertz CT molecular complexity index is 653. The van der Waals surface area contributed by atoms with Crippen LogP contribution < -0.4 is 10.6 Å². The number of carbonyl (C=O) groups excluding carboxylic acids is 1. The predicted octanol–water partition coefficient (Wildman–Crippen LogP) is 2.83. The van der Waals surface area contributed by atoms with Gasteiger partial charge in [-0.05, 0) is 43.2 Å². The number of amides is 1. The first-order chi connectivity index (χ1) is 11.5. The van der Waals surface area contributed by atoms with Gasteiger partial charge < -0.3 is 15.5 Å². The molecule has 1 amide bonds. The van der Waals surface area contributed by atoms with Gasteiger partial charge in [0, 0.05) is 38.3 Å². The van der Waals surface area contributed by atoms with E-state index < -0.39 is 11.6 Å². The molecule has 8 heteroatoms. The fraction of sp³-hybridized carbons (Fsp3) is 0.611. The number of fused-ring (bicyclic) bond motifs is 2. The van der Waals surface area contributed by atoms with Crippen molar-refractivity contribution < 1.29 is 13.6 Å². The van der Waals surface area contributed by atoms with Gasteiger partial charge in [-0.3, -0.25) is 4.79 Å². The molecular weight excluding hydrogens is 383 g/mol. The predicted molar refractivity (Wildman–Crippen MR) is 102 cm³/mol. The van der Waals surface area contributed by atoms with Gasteiger partial charge in [0.1, 0.15) is 11.6 Å². The summed E-state index contributed by atoms with van der Waals surface area (Å²) >= 11 is 0. The molecule has 4 atom stereocenters. The van der Waals surface area contributed by atoms with Crippen LogP contribution in [0.5, 0.6) is 0 Å². The van der Waals surface area contributed by atoms with Gasteiger partial charge in [0.25, 0.3) is 0 Å². The first kappa shape index (κ1) is 21.2. The molecule has 3 fully saturated rings. The smallest absolute Gasteiger partial charge is 0.227 e. The van der Waals surface area contributed by atoms with Crippen molar-refractivity contribution in [3.05, 3.63) is 29.8 Å². The van der Waals surface area contributed by atoms with Gasteiger partial charge in [-0.25, -0.2) is 8.78 Å². The molecule has 0 radical (unpaired) electrons. The van der Waals surface area contributed by atoms with Crippen LogP contribution in [0.1, 0.15) is 19.3 Å². The van der Waals surface area contributed by atoms with Crippen LogP contribution in [0.2, 0.25) is 0 Å². The number of benzene rings is 1. The largest absolute Gasteiger partial charge is 0.366 e. The van der Waals surface area contributed by atoms with E-state index in [0.717, 1.165) is 31.4 Å². The number of carbonyl (C=O) groups is 1. The molecule has 0 spiro atoms. The highest BCUT2D eigenvalue weighted by molar-refractivity contribution is 5.85. The van der Waals surface area contributed by atoms with E-state index in [9.17, 15) is 13.6 Å². The maximum atomic E-state index is 13.9. The van der Waals surface area contributed by atoms with E-state index in [1.165, 1.54) is 6.07 Å². The Kier molecular flexibility index (Phi) is 6.75. The van der Waals surface area contributed by atoms with Gasteiger partial charge in [0.2, 0.25) is 5.91 Å². The maximum absolute atomic E-state index is 13.9. The number of hydrogen-bond donors (Lipinski definition) is 1. The second kappa shape index (κ2) is 8.28. The number of halogens is 4. The molecule has 4 unspecified atom stereocenters. The van der Waals surface area contributed by atoms with Gasteiger partial charge >= 0.3 is 0 Å². The van der Waals surface area contributed by atoms with E-state index in [2.05, 4.69) is 0 Å². The van der Waals surface area contributed by atoms with E-state index in [-0.39, 0.29) is 48.4 Å². The molecule has 1 aromatic rings. The van der Waals surface area contributed by atoms with Gasteiger partial charge in [-0.15, -0.1) is 24.8 Å². The molecule has 146 valence electrons. The molecule has 26 heavy (non-hydrogen) atoms. The molecule has 2 saturated carbocycles. The van der Waals surface area contributed by atoms with E-state index in [1.54, 1.807) is 0 Å².